The lowest BCUT2D eigenvalue weighted by atomic mass is 10.1. The third-order valence-electron chi connectivity index (χ3n) is 4.60. The molecule has 0 saturated carbocycles. The number of rotatable bonds is 5. The van der Waals surface area contributed by atoms with Crippen molar-refractivity contribution < 1.29 is 26.0 Å². The number of hydrogen-bond donors (Lipinski definition) is 0. The summed E-state index contributed by atoms with van der Waals surface area (Å²) in [5, 5.41) is -0.754. The highest BCUT2D eigenvalue weighted by atomic mass is 32.2. The Hall–Kier alpha value is -2.30. The predicted octanol–water partition coefficient (Wildman–Crippen LogP) is 1.37. The molecule has 150 valence electrons. The first-order valence-corrected chi connectivity index (χ1v) is 11.3. The molecule has 0 N–H and O–H groups in total. The molecule has 1 aliphatic rings. The van der Waals surface area contributed by atoms with Crippen molar-refractivity contribution in [3.05, 3.63) is 59.9 Å². The Bertz CT molecular complexity index is 1090. The van der Waals surface area contributed by atoms with Gasteiger partial charge in [-0.15, -0.1) is 0 Å². The van der Waals surface area contributed by atoms with Gasteiger partial charge >= 0.3 is 0 Å². The lowest BCUT2D eigenvalue weighted by Crippen LogP contribution is -2.56. The van der Waals surface area contributed by atoms with E-state index >= 15 is 0 Å². The Kier molecular flexibility index (Phi) is 5.30. The van der Waals surface area contributed by atoms with E-state index in [-0.39, 0.29) is 34.4 Å². The van der Waals surface area contributed by atoms with E-state index in [1.54, 1.807) is 0 Å². The van der Waals surface area contributed by atoms with Crippen molar-refractivity contribution in [2.75, 3.05) is 27.2 Å². The number of likely N-dealkylation sites (tertiary alicyclic amines) is 1. The first kappa shape index (κ1) is 20.4. The smallest absolute Gasteiger partial charge is 0.253 e. The van der Waals surface area contributed by atoms with E-state index in [0.717, 1.165) is 16.4 Å². The van der Waals surface area contributed by atoms with Crippen molar-refractivity contribution in [2.45, 2.75) is 15.0 Å². The number of carbonyl (C=O) groups is 1. The summed E-state index contributed by atoms with van der Waals surface area (Å²) in [7, 11) is -4.41. The summed E-state index contributed by atoms with van der Waals surface area (Å²) in [6.45, 7) is 0.0482. The van der Waals surface area contributed by atoms with Crippen LogP contribution in [-0.2, 0) is 19.9 Å². The molecule has 1 aliphatic heterocycles. The van der Waals surface area contributed by atoms with Gasteiger partial charge in [0.05, 0.1) is 9.79 Å². The molecule has 1 fully saturated rings. The van der Waals surface area contributed by atoms with Gasteiger partial charge in [-0.1, -0.05) is 0 Å². The molecule has 3 rings (SSSR count). The van der Waals surface area contributed by atoms with Gasteiger partial charge in [0, 0.05) is 32.7 Å². The monoisotopic (exact) mass is 426 g/mol. The van der Waals surface area contributed by atoms with Crippen LogP contribution >= 0.6 is 0 Å². The second kappa shape index (κ2) is 7.26. The molecule has 1 heterocycles. The van der Waals surface area contributed by atoms with Crippen LogP contribution in [0.3, 0.4) is 0 Å². The van der Waals surface area contributed by atoms with Gasteiger partial charge in [-0.2, -0.15) is 0 Å². The molecule has 2 aromatic carbocycles. The predicted molar refractivity (Wildman–Crippen MR) is 101 cm³/mol. The number of sulfonamides is 1. The van der Waals surface area contributed by atoms with Crippen LogP contribution < -0.4 is 0 Å². The van der Waals surface area contributed by atoms with E-state index in [4.69, 9.17) is 0 Å². The summed E-state index contributed by atoms with van der Waals surface area (Å²) in [4.78, 5) is 14.0. The van der Waals surface area contributed by atoms with Crippen molar-refractivity contribution in [1.29, 1.82) is 0 Å². The standard InChI is InChI=1S/C18H19FN2O5S2/c1-20(2)28(25,26)16-7-3-13(4-8-16)18(22)21-11-17(12-21)27(23,24)15-9-5-14(19)6-10-15/h3-10,17H,11-12H2,1-2H3. The van der Waals surface area contributed by atoms with Gasteiger partial charge < -0.3 is 4.90 Å². The number of carbonyl (C=O) groups excluding carboxylic acids is 1. The van der Waals surface area contributed by atoms with Crippen LogP contribution in [0.2, 0.25) is 0 Å². The van der Waals surface area contributed by atoms with Crippen molar-refractivity contribution in [2.24, 2.45) is 0 Å². The quantitative estimate of drug-likeness (QED) is 0.674. The molecular formula is C18H19FN2O5S2. The van der Waals surface area contributed by atoms with Gasteiger partial charge in [0.1, 0.15) is 11.1 Å². The molecule has 0 aliphatic carbocycles. The fourth-order valence-corrected chi connectivity index (χ4v) is 5.33. The van der Waals surface area contributed by atoms with Gasteiger partial charge in [-0.05, 0) is 48.5 Å². The number of sulfone groups is 1. The molecule has 0 atom stereocenters. The molecule has 1 saturated heterocycles. The third kappa shape index (κ3) is 3.67. The van der Waals surface area contributed by atoms with Gasteiger partial charge in [-0.25, -0.2) is 25.5 Å². The summed E-state index contributed by atoms with van der Waals surface area (Å²) in [6.07, 6.45) is 0. The van der Waals surface area contributed by atoms with Crippen molar-refractivity contribution in [3.8, 4) is 0 Å². The molecular weight excluding hydrogens is 407 g/mol. The summed E-state index contributed by atoms with van der Waals surface area (Å²) >= 11 is 0. The Morgan fingerprint density at radius 1 is 0.929 bits per heavy atom. The van der Waals surface area contributed by atoms with E-state index in [2.05, 4.69) is 0 Å². The second-order valence-corrected chi connectivity index (χ2v) is 11.0. The molecule has 10 heteroatoms. The Morgan fingerprint density at radius 2 is 1.43 bits per heavy atom. The zero-order valence-electron chi connectivity index (χ0n) is 15.2. The van der Waals surface area contributed by atoms with Crippen LogP contribution in [0, 0.1) is 5.82 Å². The van der Waals surface area contributed by atoms with Crippen LogP contribution in [-0.4, -0.2) is 64.4 Å². The van der Waals surface area contributed by atoms with Crippen molar-refractivity contribution in [3.63, 3.8) is 0 Å². The zero-order valence-corrected chi connectivity index (χ0v) is 16.9. The fraction of sp³-hybridized carbons (Fsp3) is 0.278. The van der Waals surface area contributed by atoms with E-state index in [9.17, 15) is 26.0 Å². The number of amides is 1. The van der Waals surface area contributed by atoms with Crippen molar-refractivity contribution in [1.82, 2.24) is 9.21 Å². The number of halogens is 1. The Morgan fingerprint density at radius 3 is 1.93 bits per heavy atom. The largest absolute Gasteiger partial charge is 0.336 e. The first-order chi connectivity index (χ1) is 13.0. The molecule has 0 unspecified atom stereocenters. The van der Waals surface area contributed by atoms with E-state index in [1.165, 1.54) is 55.4 Å². The molecule has 7 nitrogen and oxygen atoms in total. The average Bonchev–Trinajstić information content (AvgIpc) is 2.60. The number of benzene rings is 2. The first-order valence-electron chi connectivity index (χ1n) is 8.35. The maximum absolute atomic E-state index is 13.0. The summed E-state index contributed by atoms with van der Waals surface area (Å²) in [6, 6.07) is 10.1. The Balaban J connectivity index is 1.69. The summed E-state index contributed by atoms with van der Waals surface area (Å²) in [5.41, 5.74) is 0.273. The van der Waals surface area contributed by atoms with E-state index in [0.29, 0.717) is 0 Å². The highest BCUT2D eigenvalue weighted by Gasteiger charge is 2.40. The number of hydrogen-bond acceptors (Lipinski definition) is 5. The van der Waals surface area contributed by atoms with E-state index < -0.39 is 30.9 Å². The minimum absolute atomic E-state index is 0.0178. The molecule has 0 radical (unpaired) electrons. The number of nitrogens with zero attached hydrogens (tertiary/aromatic N) is 2. The highest BCUT2D eigenvalue weighted by Crippen LogP contribution is 2.25. The van der Waals surface area contributed by atoms with Crippen molar-refractivity contribution >= 4 is 25.8 Å². The zero-order chi connectivity index (χ0) is 20.7. The van der Waals surface area contributed by atoms with Gasteiger partial charge in [0.25, 0.3) is 5.91 Å². The minimum Gasteiger partial charge on any atom is -0.336 e. The highest BCUT2D eigenvalue weighted by molar-refractivity contribution is 7.92. The van der Waals surface area contributed by atoms with Crippen LogP contribution in [0.15, 0.2) is 58.3 Å². The second-order valence-electron chi connectivity index (χ2n) is 6.64. The lowest BCUT2D eigenvalue weighted by molar-refractivity contribution is 0.0658. The molecule has 0 aromatic heterocycles. The molecule has 1 amide bonds. The summed E-state index contributed by atoms with van der Waals surface area (Å²) in [5.74, 6) is -0.900. The Labute approximate surface area is 163 Å². The average molecular weight is 426 g/mol. The maximum Gasteiger partial charge on any atom is 0.253 e. The fourth-order valence-electron chi connectivity index (χ4n) is 2.78. The normalized spacial score (nSPS) is 15.5. The van der Waals surface area contributed by atoms with Crippen LogP contribution in [0.1, 0.15) is 10.4 Å². The van der Waals surface area contributed by atoms with Gasteiger partial charge in [0.2, 0.25) is 10.0 Å². The van der Waals surface area contributed by atoms with Crippen LogP contribution in [0.5, 0.6) is 0 Å². The van der Waals surface area contributed by atoms with Crippen LogP contribution in [0.25, 0.3) is 0 Å². The summed E-state index contributed by atoms with van der Waals surface area (Å²) < 4.78 is 63.2. The molecule has 2 aromatic rings. The van der Waals surface area contributed by atoms with Gasteiger partial charge in [-0.3, -0.25) is 4.79 Å². The molecule has 0 spiro atoms. The van der Waals surface area contributed by atoms with Crippen LogP contribution in [0.4, 0.5) is 4.39 Å². The van der Waals surface area contributed by atoms with E-state index in [1.807, 2.05) is 0 Å². The van der Waals surface area contributed by atoms with Gasteiger partial charge in [0.15, 0.2) is 9.84 Å². The molecule has 28 heavy (non-hydrogen) atoms. The maximum atomic E-state index is 13.0. The SMILES string of the molecule is CN(C)S(=O)(=O)c1ccc(C(=O)N2CC(S(=O)(=O)c3ccc(F)cc3)C2)cc1. The molecule has 0 bridgehead atoms. The lowest BCUT2D eigenvalue weighted by Gasteiger charge is -2.38. The third-order valence-corrected chi connectivity index (χ3v) is 8.53. The topological polar surface area (TPSA) is 91.8 Å². The minimum atomic E-state index is -3.65.